The topological polar surface area (TPSA) is 70.3 Å². The predicted molar refractivity (Wildman–Crippen MR) is 76.4 cm³/mol. The Morgan fingerprint density at radius 1 is 1.30 bits per heavy atom. The number of ether oxygens (including phenoxy) is 2. The minimum atomic E-state index is 0.495. The molecular weight excluding hydrogens is 254 g/mol. The number of hydrogen-bond acceptors (Lipinski definition) is 5. The van der Waals surface area contributed by atoms with Gasteiger partial charge in [-0.1, -0.05) is 12.1 Å². The standard InChI is InChI=1S/C15H17N3O2/c1-2-20-13-6-4-3-5-10(13)15-17-12-7-8-19-9-11(12)14(16)18-15/h3-6H,2,7-9H2,1H3,(H2,16,17,18). The molecule has 0 saturated heterocycles. The van der Waals surface area contributed by atoms with E-state index in [9.17, 15) is 0 Å². The second kappa shape index (κ2) is 5.46. The lowest BCUT2D eigenvalue weighted by Crippen LogP contribution is -2.16. The summed E-state index contributed by atoms with van der Waals surface area (Å²) < 4.78 is 11.0. The molecule has 5 heteroatoms. The molecule has 2 aromatic rings. The van der Waals surface area contributed by atoms with Gasteiger partial charge in [-0.25, -0.2) is 9.97 Å². The van der Waals surface area contributed by atoms with Gasteiger partial charge in [-0.05, 0) is 19.1 Å². The van der Waals surface area contributed by atoms with Gasteiger partial charge in [-0.3, -0.25) is 0 Å². The highest BCUT2D eigenvalue weighted by molar-refractivity contribution is 5.66. The molecule has 2 heterocycles. The number of fused-ring (bicyclic) bond motifs is 1. The first-order chi connectivity index (χ1) is 9.79. The third-order valence-corrected chi connectivity index (χ3v) is 3.28. The van der Waals surface area contributed by atoms with Crippen molar-refractivity contribution in [2.45, 2.75) is 20.0 Å². The maximum atomic E-state index is 6.03. The summed E-state index contributed by atoms with van der Waals surface area (Å²) in [4.78, 5) is 9.04. The summed E-state index contributed by atoms with van der Waals surface area (Å²) in [5, 5.41) is 0. The Hall–Kier alpha value is -2.14. The maximum Gasteiger partial charge on any atom is 0.165 e. The molecule has 1 aliphatic rings. The fourth-order valence-electron chi connectivity index (χ4n) is 2.31. The lowest BCUT2D eigenvalue weighted by molar-refractivity contribution is 0.109. The zero-order valence-electron chi connectivity index (χ0n) is 11.4. The molecule has 0 spiro atoms. The molecule has 0 atom stereocenters. The highest BCUT2D eigenvalue weighted by Gasteiger charge is 2.18. The number of anilines is 1. The molecule has 104 valence electrons. The Morgan fingerprint density at radius 2 is 2.15 bits per heavy atom. The molecule has 0 fully saturated rings. The number of nitrogens with zero attached hydrogens (tertiary/aromatic N) is 2. The van der Waals surface area contributed by atoms with E-state index in [0.29, 0.717) is 31.5 Å². The second-order valence-electron chi connectivity index (χ2n) is 4.59. The van der Waals surface area contributed by atoms with E-state index in [1.807, 2.05) is 31.2 Å². The van der Waals surface area contributed by atoms with Gasteiger partial charge in [-0.15, -0.1) is 0 Å². The van der Waals surface area contributed by atoms with Crippen LogP contribution < -0.4 is 10.5 Å². The molecule has 20 heavy (non-hydrogen) atoms. The SMILES string of the molecule is CCOc1ccccc1-c1nc(N)c2c(n1)CCOC2. The highest BCUT2D eigenvalue weighted by atomic mass is 16.5. The Kier molecular flexibility index (Phi) is 3.52. The van der Waals surface area contributed by atoms with Crippen molar-refractivity contribution in [1.82, 2.24) is 9.97 Å². The molecule has 0 aliphatic carbocycles. The van der Waals surface area contributed by atoms with E-state index in [1.54, 1.807) is 0 Å². The van der Waals surface area contributed by atoms with Gasteiger partial charge < -0.3 is 15.2 Å². The Labute approximate surface area is 117 Å². The first kappa shape index (κ1) is 12.9. The lowest BCUT2D eigenvalue weighted by Gasteiger charge is -2.18. The summed E-state index contributed by atoms with van der Waals surface area (Å²) in [5.41, 5.74) is 8.79. The smallest absolute Gasteiger partial charge is 0.165 e. The Bertz CT molecular complexity index is 629. The van der Waals surface area contributed by atoms with Crippen molar-refractivity contribution in [3.63, 3.8) is 0 Å². The van der Waals surface area contributed by atoms with Gasteiger partial charge in [0.1, 0.15) is 11.6 Å². The van der Waals surface area contributed by atoms with Crippen molar-refractivity contribution in [3.8, 4) is 17.1 Å². The van der Waals surface area contributed by atoms with Crippen LogP contribution in [0.15, 0.2) is 24.3 Å². The normalized spacial score (nSPS) is 13.8. The number of nitrogens with two attached hydrogens (primary N) is 1. The summed E-state index contributed by atoms with van der Waals surface area (Å²) in [6.45, 7) is 3.73. The van der Waals surface area contributed by atoms with Crippen LogP contribution in [-0.2, 0) is 17.8 Å². The van der Waals surface area contributed by atoms with E-state index in [0.717, 1.165) is 29.0 Å². The molecule has 0 amide bonds. The molecule has 1 aromatic heterocycles. The number of para-hydroxylation sites is 1. The van der Waals surface area contributed by atoms with Crippen molar-refractivity contribution in [2.75, 3.05) is 18.9 Å². The van der Waals surface area contributed by atoms with Gasteiger partial charge in [0.05, 0.1) is 31.1 Å². The molecule has 0 unspecified atom stereocenters. The van der Waals surface area contributed by atoms with Crippen molar-refractivity contribution >= 4 is 5.82 Å². The van der Waals surface area contributed by atoms with Crippen molar-refractivity contribution in [2.24, 2.45) is 0 Å². The predicted octanol–water partition coefficient (Wildman–Crippen LogP) is 2.20. The number of aromatic nitrogens is 2. The van der Waals surface area contributed by atoms with Gasteiger partial charge in [0.25, 0.3) is 0 Å². The van der Waals surface area contributed by atoms with Crippen LogP contribution in [0.5, 0.6) is 5.75 Å². The second-order valence-corrected chi connectivity index (χ2v) is 4.59. The van der Waals surface area contributed by atoms with Crippen molar-refractivity contribution in [3.05, 3.63) is 35.5 Å². The Balaban J connectivity index is 2.09. The molecule has 0 radical (unpaired) electrons. The van der Waals surface area contributed by atoms with E-state index >= 15 is 0 Å². The minimum Gasteiger partial charge on any atom is -0.493 e. The molecule has 0 saturated carbocycles. The van der Waals surface area contributed by atoms with Crippen LogP contribution >= 0.6 is 0 Å². The van der Waals surface area contributed by atoms with Crippen LogP contribution in [0.2, 0.25) is 0 Å². The summed E-state index contributed by atoms with van der Waals surface area (Å²) in [6, 6.07) is 7.75. The third kappa shape index (κ3) is 2.32. The molecular formula is C15H17N3O2. The monoisotopic (exact) mass is 271 g/mol. The molecule has 1 aromatic carbocycles. The first-order valence-electron chi connectivity index (χ1n) is 6.74. The molecule has 0 bridgehead atoms. The van der Waals surface area contributed by atoms with E-state index in [2.05, 4.69) is 9.97 Å². The minimum absolute atomic E-state index is 0.495. The van der Waals surface area contributed by atoms with Crippen LogP contribution in [0.25, 0.3) is 11.4 Å². The summed E-state index contributed by atoms with van der Waals surface area (Å²) >= 11 is 0. The Morgan fingerprint density at radius 3 is 3.00 bits per heavy atom. The van der Waals surface area contributed by atoms with Crippen LogP contribution in [0.3, 0.4) is 0 Å². The van der Waals surface area contributed by atoms with E-state index < -0.39 is 0 Å². The van der Waals surface area contributed by atoms with Crippen LogP contribution in [0.4, 0.5) is 5.82 Å². The fourth-order valence-corrected chi connectivity index (χ4v) is 2.31. The van der Waals surface area contributed by atoms with Crippen molar-refractivity contribution < 1.29 is 9.47 Å². The zero-order chi connectivity index (χ0) is 13.9. The number of rotatable bonds is 3. The van der Waals surface area contributed by atoms with E-state index in [1.165, 1.54) is 0 Å². The summed E-state index contributed by atoms with van der Waals surface area (Å²) in [7, 11) is 0. The first-order valence-corrected chi connectivity index (χ1v) is 6.74. The van der Waals surface area contributed by atoms with Gasteiger partial charge in [0.15, 0.2) is 5.82 Å². The van der Waals surface area contributed by atoms with E-state index in [4.69, 9.17) is 15.2 Å². The largest absolute Gasteiger partial charge is 0.493 e. The molecule has 1 aliphatic heterocycles. The highest BCUT2D eigenvalue weighted by Crippen LogP contribution is 2.30. The quantitative estimate of drug-likeness (QED) is 0.926. The van der Waals surface area contributed by atoms with Gasteiger partial charge in [0.2, 0.25) is 0 Å². The fraction of sp³-hybridized carbons (Fsp3) is 0.333. The maximum absolute atomic E-state index is 6.03. The average molecular weight is 271 g/mol. The molecule has 2 N–H and O–H groups in total. The number of nitrogen functional groups attached to an aromatic ring is 1. The zero-order valence-corrected chi connectivity index (χ0v) is 11.4. The van der Waals surface area contributed by atoms with Gasteiger partial charge in [0, 0.05) is 12.0 Å². The number of benzene rings is 1. The van der Waals surface area contributed by atoms with Crippen LogP contribution in [0.1, 0.15) is 18.2 Å². The van der Waals surface area contributed by atoms with Crippen LogP contribution in [-0.4, -0.2) is 23.2 Å². The summed E-state index contributed by atoms with van der Waals surface area (Å²) in [6.07, 6.45) is 0.770. The van der Waals surface area contributed by atoms with E-state index in [-0.39, 0.29) is 0 Å². The molecule has 3 rings (SSSR count). The molecule has 5 nitrogen and oxygen atoms in total. The van der Waals surface area contributed by atoms with Gasteiger partial charge >= 0.3 is 0 Å². The average Bonchev–Trinajstić information content (AvgIpc) is 2.48. The summed E-state index contributed by atoms with van der Waals surface area (Å²) in [5.74, 6) is 1.89. The van der Waals surface area contributed by atoms with Crippen LogP contribution in [0, 0.1) is 0 Å². The van der Waals surface area contributed by atoms with Gasteiger partial charge in [-0.2, -0.15) is 0 Å². The van der Waals surface area contributed by atoms with Crippen molar-refractivity contribution in [1.29, 1.82) is 0 Å². The number of hydrogen-bond donors (Lipinski definition) is 1. The lowest BCUT2D eigenvalue weighted by atomic mass is 10.1. The third-order valence-electron chi connectivity index (χ3n) is 3.28.